The first-order chi connectivity index (χ1) is 8.54. The van der Waals surface area contributed by atoms with Gasteiger partial charge in [-0.3, -0.25) is 4.68 Å². The topological polar surface area (TPSA) is 67.2 Å². The van der Waals surface area contributed by atoms with Crippen LogP contribution < -0.4 is 4.72 Å². The van der Waals surface area contributed by atoms with Crippen LogP contribution in [0.3, 0.4) is 0 Å². The van der Waals surface area contributed by atoms with Gasteiger partial charge in [0.25, 0.3) is 10.2 Å². The van der Waals surface area contributed by atoms with Crippen molar-refractivity contribution in [1.29, 1.82) is 0 Å². The minimum atomic E-state index is -3.33. The zero-order valence-corrected chi connectivity index (χ0v) is 11.7. The van der Waals surface area contributed by atoms with Gasteiger partial charge in [0.1, 0.15) is 0 Å². The Morgan fingerprint density at radius 2 is 2.06 bits per heavy atom. The van der Waals surface area contributed by atoms with Crippen molar-refractivity contribution in [1.82, 2.24) is 18.8 Å². The van der Waals surface area contributed by atoms with E-state index in [1.165, 1.54) is 4.31 Å². The molecule has 7 heteroatoms. The van der Waals surface area contributed by atoms with Gasteiger partial charge in [0.05, 0.1) is 6.20 Å². The lowest BCUT2D eigenvalue weighted by atomic mass is 10.3. The van der Waals surface area contributed by atoms with Crippen molar-refractivity contribution in [3.05, 3.63) is 17.5 Å². The Morgan fingerprint density at radius 3 is 2.61 bits per heavy atom. The van der Waals surface area contributed by atoms with E-state index in [0.717, 1.165) is 30.6 Å². The summed E-state index contributed by atoms with van der Waals surface area (Å²) in [5.74, 6) is 0. The second-order valence-corrected chi connectivity index (χ2v) is 6.26. The highest BCUT2D eigenvalue weighted by atomic mass is 32.2. The Labute approximate surface area is 108 Å². The van der Waals surface area contributed by atoms with Gasteiger partial charge in [-0.05, 0) is 26.7 Å². The largest absolute Gasteiger partial charge is 0.279 e. The molecule has 2 heterocycles. The van der Waals surface area contributed by atoms with Gasteiger partial charge < -0.3 is 0 Å². The molecule has 0 atom stereocenters. The van der Waals surface area contributed by atoms with Gasteiger partial charge in [-0.15, -0.1) is 0 Å². The Morgan fingerprint density at radius 1 is 1.39 bits per heavy atom. The Hall–Kier alpha value is -0.920. The number of nitrogens with zero attached hydrogens (tertiary/aromatic N) is 3. The lowest BCUT2D eigenvalue weighted by Crippen LogP contribution is -2.38. The fourth-order valence-electron chi connectivity index (χ4n) is 2.17. The van der Waals surface area contributed by atoms with Gasteiger partial charge in [0.15, 0.2) is 0 Å². The van der Waals surface area contributed by atoms with Crippen LogP contribution in [0.1, 0.15) is 31.0 Å². The van der Waals surface area contributed by atoms with Gasteiger partial charge in [-0.25, -0.2) is 0 Å². The van der Waals surface area contributed by atoms with Gasteiger partial charge in [0, 0.05) is 37.4 Å². The van der Waals surface area contributed by atoms with Crippen LogP contribution in [0.15, 0.2) is 6.20 Å². The molecule has 0 spiro atoms. The van der Waals surface area contributed by atoms with E-state index in [1.54, 1.807) is 6.20 Å². The first kappa shape index (κ1) is 13.5. The molecule has 18 heavy (non-hydrogen) atoms. The van der Waals surface area contributed by atoms with Crippen LogP contribution in [0.2, 0.25) is 0 Å². The second kappa shape index (κ2) is 5.38. The Bertz CT molecular complexity index is 503. The quantitative estimate of drug-likeness (QED) is 0.855. The number of aryl methyl sites for hydroxylation is 1. The number of nitrogens with one attached hydrogen (secondary N) is 1. The molecule has 102 valence electrons. The van der Waals surface area contributed by atoms with Crippen molar-refractivity contribution < 1.29 is 8.42 Å². The van der Waals surface area contributed by atoms with E-state index in [-0.39, 0.29) is 0 Å². The molecular weight excluding hydrogens is 252 g/mol. The smallest absolute Gasteiger partial charge is 0.270 e. The fraction of sp³-hybridized carbons (Fsp3) is 0.727. The molecule has 1 saturated heterocycles. The van der Waals surface area contributed by atoms with Crippen molar-refractivity contribution in [3.63, 3.8) is 0 Å². The molecule has 0 amide bonds. The number of hydrogen-bond acceptors (Lipinski definition) is 3. The third-order valence-electron chi connectivity index (χ3n) is 3.35. The van der Waals surface area contributed by atoms with Crippen LogP contribution in [0.25, 0.3) is 0 Å². The first-order valence-corrected chi connectivity index (χ1v) is 7.74. The van der Waals surface area contributed by atoms with E-state index in [1.807, 2.05) is 18.5 Å². The first-order valence-electron chi connectivity index (χ1n) is 6.30. The highest BCUT2D eigenvalue weighted by Crippen LogP contribution is 2.13. The standard InChI is InChI=1S/C11H20N4O2S/c1-3-15-10(2)11(8-12-15)9-13-18(16,17)14-6-4-5-7-14/h8,13H,3-7,9H2,1-2H3. The average Bonchev–Trinajstić information content (AvgIpc) is 2.96. The average molecular weight is 272 g/mol. The summed E-state index contributed by atoms with van der Waals surface area (Å²) in [6.45, 7) is 6.33. The van der Waals surface area contributed by atoms with E-state index in [0.29, 0.717) is 19.6 Å². The highest BCUT2D eigenvalue weighted by Gasteiger charge is 2.24. The maximum Gasteiger partial charge on any atom is 0.279 e. The van der Waals surface area contributed by atoms with Crippen LogP contribution >= 0.6 is 0 Å². The molecular formula is C11H20N4O2S. The minimum Gasteiger partial charge on any atom is -0.270 e. The maximum atomic E-state index is 12.0. The van der Waals surface area contributed by atoms with Crippen molar-refractivity contribution in [2.45, 2.75) is 39.8 Å². The molecule has 6 nitrogen and oxygen atoms in total. The van der Waals surface area contributed by atoms with Crippen LogP contribution in [-0.4, -0.2) is 35.6 Å². The third-order valence-corrected chi connectivity index (χ3v) is 4.91. The fourth-order valence-corrected chi connectivity index (χ4v) is 3.43. The predicted octanol–water partition coefficient (Wildman–Crippen LogP) is 0.642. The summed E-state index contributed by atoms with van der Waals surface area (Å²) < 4.78 is 30.0. The Balaban J connectivity index is 2.00. The zero-order chi connectivity index (χ0) is 13.2. The van der Waals surface area contributed by atoms with E-state index < -0.39 is 10.2 Å². The summed E-state index contributed by atoms with van der Waals surface area (Å²) in [6, 6.07) is 0. The molecule has 1 aliphatic heterocycles. The molecule has 2 rings (SSSR count). The highest BCUT2D eigenvalue weighted by molar-refractivity contribution is 7.87. The van der Waals surface area contributed by atoms with Crippen molar-refractivity contribution in [2.24, 2.45) is 0 Å². The molecule has 1 aliphatic rings. The van der Waals surface area contributed by atoms with Crippen LogP contribution in [0.5, 0.6) is 0 Å². The second-order valence-electron chi connectivity index (χ2n) is 4.50. The van der Waals surface area contributed by atoms with E-state index >= 15 is 0 Å². The molecule has 0 aliphatic carbocycles. The summed E-state index contributed by atoms with van der Waals surface area (Å²) in [4.78, 5) is 0. The van der Waals surface area contributed by atoms with Crippen molar-refractivity contribution in [2.75, 3.05) is 13.1 Å². The van der Waals surface area contributed by atoms with Gasteiger partial charge in [-0.1, -0.05) is 0 Å². The lowest BCUT2D eigenvalue weighted by molar-refractivity contribution is 0.464. The molecule has 0 aromatic carbocycles. The SMILES string of the molecule is CCn1ncc(CNS(=O)(=O)N2CCCC2)c1C. The molecule has 0 bridgehead atoms. The minimum absolute atomic E-state index is 0.310. The molecule has 1 fully saturated rings. The maximum absolute atomic E-state index is 12.0. The van der Waals surface area contributed by atoms with E-state index in [9.17, 15) is 8.42 Å². The third kappa shape index (κ3) is 2.73. The van der Waals surface area contributed by atoms with Gasteiger partial charge in [0.2, 0.25) is 0 Å². The summed E-state index contributed by atoms with van der Waals surface area (Å²) in [5, 5.41) is 4.20. The molecule has 0 unspecified atom stereocenters. The molecule has 1 aromatic heterocycles. The van der Waals surface area contributed by atoms with Crippen LogP contribution in [0.4, 0.5) is 0 Å². The molecule has 1 N–H and O–H groups in total. The number of rotatable bonds is 5. The number of aromatic nitrogens is 2. The summed E-state index contributed by atoms with van der Waals surface area (Å²) in [7, 11) is -3.33. The van der Waals surface area contributed by atoms with Crippen LogP contribution in [0, 0.1) is 6.92 Å². The van der Waals surface area contributed by atoms with Gasteiger partial charge >= 0.3 is 0 Å². The predicted molar refractivity (Wildman–Crippen MR) is 69.2 cm³/mol. The van der Waals surface area contributed by atoms with Gasteiger partial charge in [-0.2, -0.15) is 22.5 Å². The lowest BCUT2D eigenvalue weighted by Gasteiger charge is -2.15. The molecule has 0 radical (unpaired) electrons. The monoisotopic (exact) mass is 272 g/mol. The zero-order valence-electron chi connectivity index (χ0n) is 10.9. The normalized spacial score (nSPS) is 17.4. The van der Waals surface area contributed by atoms with E-state index in [2.05, 4.69) is 9.82 Å². The van der Waals surface area contributed by atoms with E-state index in [4.69, 9.17) is 0 Å². The van der Waals surface area contributed by atoms with Crippen molar-refractivity contribution >= 4 is 10.2 Å². The molecule has 0 saturated carbocycles. The Kier molecular flexibility index (Phi) is 4.04. The molecule has 1 aromatic rings. The number of hydrogen-bond donors (Lipinski definition) is 1. The van der Waals surface area contributed by atoms with Crippen molar-refractivity contribution in [3.8, 4) is 0 Å². The summed E-state index contributed by atoms with van der Waals surface area (Å²) in [6.07, 6.45) is 3.63. The summed E-state index contributed by atoms with van der Waals surface area (Å²) >= 11 is 0. The van der Waals surface area contributed by atoms with Crippen LogP contribution in [-0.2, 0) is 23.3 Å². The summed E-state index contributed by atoms with van der Waals surface area (Å²) in [5.41, 5.74) is 1.95.